The second-order valence-corrected chi connectivity index (χ2v) is 8.13. The number of aromatic nitrogens is 3. The molecule has 1 aromatic carbocycles. The van der Waals surface area contributed by atoms with E-state index >= 15 is 0 Å². The number of carbonyl (C=O) groups is 1. The van der Waals surface area contributed by atoms with E-state index in [1.807, 2.05) is 0 Å². The van der Waals surface area contributed by atoms with Gasteiger partial charge in [0.25, 0.3) is 5.92 Å². The molecule has 0 spiro atoms. The first-order valence-electron chi connectivity index (χ1n) is 10.7. The van der Waals surface area contributed by atoms with Gasteiger partial charge in [-0.2, -0.15) is 0 Å². The molecule has 1 unspecified atom stereocenters. The Balaban J connectivity index is 1.39. The van der Waals surface area contributed by atoms with Crippen molar-refractivity contribution in [2.45, 2.75) is 31.2 Å². The zero-order valence-electron chi connectivity index (χ0n) is 18.5. The van der Waals surface area contributed by atoms with Crippen molar-refractivity contribution in [1.82, 2.24) is 19.9 Å². The first-order chi connectivity index (χ1) is 16.6. The molecule has 0 radical (unpaired) electrons. The fraction of sp³-hybridized carbons (Fsp3) is 0.304. The lowest BCUT2D eigenvalue weighted by atomic mass is 9.87. The van der Waals surface area contributed by atoms with Gasteiger partial charge in [-0.15, -0.1) is 0 Å². The largest absolute Gasteiger partial charge is 0.434 e. The van der Waals surface area contributed by atoms with Gasteiger partial charge in [0.2, 0.25) is 17.3 Å². The molecule has 1 fully saturated rings. The molecule has 35 heavy (non-hydrogen) atoms. The van der Waals surface area contributed by atoms with Gasteiger partial charge in [0.15, 0.2) is 17.4 Å². The molecule has 2 aromatic heterocycles. The summed E-state index contributed by atoms with van der Waals surface area (Å²) in [4.78, 5) is 36.0. The van der Waals surface area contributed by atoms with Crippen LogP contribution in [0, 0.1) is 11.6 Å². The summed E-state index contributed by atoms with van der Waals surface area (Å²) >= 11 is 0. The molecule has 2 atom stereocenters. The molecule has 0 saturated carbocycles. The lowest BCUT2D eigenvalue weighted by Gasteiger charge is -2.40. The van der Waals surface area contributed by atoms with Crippen LogP contribution in [0.5, 0.6) is 11.6 Å². The normalized spacial score (nSPS) is 18.6. The standard InChI is InChI=1S/C23H21F4N5O3/c1-13(32-7-6-23(26,27)16(12-32)14-2-5-20(33)29-9-14)22(34)31-19-10-30-21(11-28-19)35-18-4-3-15(24)8-17(18)25/h2-5,8-11,13,16H,6-7,12H2,1H3,(H,29,33)(H,28,31,34)/t13?,16-/m1/s1. The summed E-state index contributed by atoms with van der Waals surface area (Å²) in [6, 6.07) is 4.59. The van der Waals surface area contributed by atoms with Crippen LogP contribution in [0.25, 0.3) is 0 Å². The third-order valence-electron chi connectivity index (χ3n) is 5.78. The van der Waals surface area contributed by atoms with Gasteiger partial charge in [0.05, 0.1) is 24.4 Å². The summed E-state index contributed by atoms with van der Waals surface area (Å²) in [7, 11) is 0. The van der Waals surface area contributed by atoms with E-state index in [2.05, 4.69) is 20.3 Å². The van der Waals surface area contributed by atoms with Crippen LogP contribution in [0.2, 0.25) is 0 Å². The zero-order chi connectivity index (χ0) is 25.2. The summed E-state index contributed by atoms with van der Waals surface area (Å²) in [5.74, 6) is -6.58. The van der Waals surface area contributed by atoms with E-state index in [1.165, 1.54) is 24.5 Å². The monoisotopic (exact) mass is 491 g/mol. The number of hydrogen-bond donors (Lipinski definition) is 2. The van der Waals surface area contributed by atoms with Crippen molar-refractivity contribution in [3.8, 4) is 11.6 Å². The number of nitrogens with one attached hydrogen (secondary N) is 2. The highest BCUT2D eigenvalue weighted by molar-refractivity contribution is 5.93. The second-order valence-electron chi connectivity index (χ2n) is 8.13. The summed E-state index contributed by atoms with van der Waals surface area (Å²) in [6.07, 6.45) is 3.16. The van der Waals surface area contributed by atoms with E-state index in [-0.39, 0.29) is 36.1 Å². The fourth-order valence-corrected chi connectivity index (χ4v) is 3.77. The molecule has 0 aliphatic carbocycles. The molecule has 3 heterocycles. The van der Waals surface area contributed by atoms with E-state index in [1.54, 1.807) is 11.8 Å². The van der Waals surface area contributed by atoms with Crippen LogP contribution in [0.3, 0.4) is 0 Å². The maximum absolute atomic E-state index is 14.6. The molecule has 1 aliphatic heterocycles. The summed E-state index contributed by atoms with van der Waals surface area (Å²) in [6.45, 7) is 1.50. The fourth-order valence-electron chi connectivity index (χ4n) is 3.77. The average Bonchev–Trinajstić information content (AvgIpc) is 2.82. The number of carbonyl (C=O) groups excluding carboxylic acids is 1. The van der Waals surface area contributed by atoms with E-state index in [0.29, 0.717) is 6.07 Å². The Morgan fingerprint density at radius 3 is 2.69 bits per heavy atom. The summed E-state index contributed by atoms with van der Waals surface area (Å²) in [5.41, 5.74) is -0.108. The van der Waals surface area contributed by atoms with Gasteiger partial charge >= 0.3 is 0 Å². The number of benzene rings is 1. The van der Waals surface area contributed by atoms with Crippen molar-refractivity contribution in [3.63, 3.8) is 0 Å². The Kier molecular flexibility index (Phi) is 6.83. The number of H-pyrrole nitrogens is 1. The zero-order valence-corrected chi connectivity index (χ0v) is 18.5. The van der Waals surface area contributed by atoms with Gasteiger partial charge in [-0.25, -0.2) is 27.5 Å². The van der Waals surface area contributed by atoms with Crippen molar-refractivity contribution in [1.29, 1.82) is 0 Å². The Labute approximate surface area is 197 Å². The minimum absolute atomic E-state index is 0.00311. The average molecular weight is 491 g/mol. The number of pyridine rings is 1. The molecule has 1 aliphatic rings. The van der Waals surface area contributed by atoms with Crippen molar-refractivity contribution in [2.24, 2.45) is 0 Å². The van der Waals surface area contributed by atoms with Crippen LogP contribution in [0.1, 0.15) is 24.8 Å². The number of halogens is 4. The maximum Gasteiger partial charge on any atom is 0.257 e. The van der Waals surface area contributed by atoms with Crippen LogP contribution in [0.4, 0.5) is 23.4 Å². The van der Waals surface area contributed by atoms with Crippen molar-refractivity contribution >= 4 is 11.7 Å². The van der Waals surface area contributed by atoms with Gasteiger partial charge in [0, 0.05) is 37.8 Å². The van der Waals surface area contributed by atoms with Gasteiger partial charge < -0.3 is 15.0 Å². The molecule has 0 bridgehead atoms. The van der Waals surface area contributed by atoms with Crippen LogP contribution in [-0.2, 0) is 4.79 Å². The number of hydrogen-bond acceptors (Lipinski definition) is 6. The van der Waals surface area contributed by atoms with Gasteiger partial charge in [-0.1, -0.05) is 6.07 Å². The summed E-state index contributed by atoms with van der Waals surface area (Å²) < 4.78 is 61.1. The molecule has 1 amide bonds. The Bertz CT molecular complexity index is 1250. The van der Waals surface area contributed by atoms with E-state index in [9.17, 15) is 27.2 Å². The predicted molar refractivity (Wildman–Crippen MR) is 117 cm³/mol. The molecule has 2 N–H and O–H groups in total. The highest BCUT2D eigenvalue weighted by Crippen LogP contribution is 2.40. The highest BCUT2D eigenvalue weighted by Gasteiger charge is 2.46. The molecule has 8 nitrogen and oxygen atoms in total. The smallest absolute Gasteiger partial charge is 0.257 e. The molecule has 12 heteroatoms. The van der Waals surface area contributed by atoms with Gasteiger partial charge in [0.1, 0.15) is 5.82 Å². The predicted octanol–water partition coefficient (Wildman–Crippen LogP) is 3.69. The first kappa shape index (κ1) is 24.3. The number of rotatable bonds is 6. The quantitative estimate of drug-likeness (QED) is 0.511. The first-order valence-corrected chi connectivity index (χ1v) is 10.7. The third kappa shape index (κ3) is 5.65. The number of aromatic amines is 1. The number of ether oxygens (including phenoxy) is 1. The molecular formula is C23H21F4N5O3. The Hall–Kier alpha value is -3.80. The van der Waals surface area contributed by atoms with Crippen molar-refractivity contribution in [3.05, 3.63) is 76.5 Å². The summed E-state index contributed by atoms with van der Waals surface area (Å²) in [5, 5.41) is 2.56. The van der Waals surface area contributed by atoms with Crippen molar-refractivity contribution < 1.29 is 27.1 Å². The van der Waals surface area contributed by atoms with Crippen LogP contribution >= 0.6 is 0 Å². The van der Waals surface area contributed by atoms with E-state index in [0.717, 1.165) is 18.3 Å². The van der Waals surface area contributed by atoms with E-state index in [4.69, 9.17) is 4.74 Å². The maximum atomic E-state index is 14.6. The van der Waals surface area contributed by atoms with E-state index < -0.39 is 47.4 Å². The van der Waals surface area contributed by atoms with Gasteiger partial charge in [-0.3, -0.25) is 14.5 Å². The number of likely N-dealkylation sites (tertiary alicyclic amines) is 1. The number of nitrogens with zero attached hydrogens (tertiary/aromatic N) is 3. The SMILES string of the molecule is CC(C(=O)Nc1cnc(Oc2ccc(F)cc2F)cn1)N1CCC(F)(F)[C@@H](c2ccc(=O)[nH]c2)C1. The molecular weight excluding hydrogens is 470 g/mol. The third-order valence-corrected chi connectivity index (χ3v) is 5.78. The number of anilines is 1. The topological polar surface area (TPSA) is 100 Å². The van der Waals surface area contributed by atoms with Gasteiger partial charge in [-0.05, 0) is 24.6 Å². The lowest BCUT2D eigenvalue weighted by Crippen LogP contribution is -2.52. The number of alkyl halides is 2. The highest BCUT2D eigenvalue weighted by atomic mass is 19.3. The lowest BCUT2D eigenvalue weighted by molar-refractivity contribution is -0.125. The molecule has 3 aromatic rings. The number of amides is 1. The Morgan fingerprint density at radius 1 is 1.23 bits per heavy atom. The van der Waals surface area contributed by atoms with Crippen LogP contribution < -0.4 is 15.6 Å². The second kappa shape index (κ2) is 9.82. The number of piperidine rings is 1. The minimum Gasteiger partial charge on any atom is -0.434 e. The molecule has 184 valence electrons. The van der Waals surface area contributed by atoms with Crippen molar-refractivity contribution in [2.75, 3.05) is 18.4 Å². The van der Waals surface area contributed by atoms with Crippen LogP contribution in [-0.4, -0.2) is 50.8 Å². The molecule has 4 rings (SSSR count). The van der Waals surface area contributed by atoms with Crippen LogP contribution in [0.15, 0.2) is 53.7 Å². The minimum atomic E-state index is -2.99. The molecule has 1 saturated heterocycles. The Morgan fingerprint density at radius 2 is 2.03 bits per heavy atom.